The molecule has 1 aromatic heterocycles. The molecule has 0 fully saturated rings. The van der Waals surface area contributed by atoms with Gasteiger partial charge in [0.2, 0.25) is 0 Å². The highest BCUT2D eigenvalue weighted by molar-refractivity contribution is 5.37. The maximum absolute atomic E-state index is 5.10. The molecule has 4 heteroatoms. The van der Waals surface area contributed by atoms with Crippen LogP contribution in [0.2, 0.25) is 0 Å². The third-order valence-electron chi connectivity index (χ3n) is 2.27. The molecule has 0 radical (unpaired) electrons. The van der Waals surface area contributed by atoms with Gasteiger partial charge in [-0.25, -0.2) is 4.68 Å². The van der Waals surface area contributed by atoms with Crippen molar-refractivity contribution in [2.75, 3.05) is 7.11 Å². The second-order valence-electron chi connectivity index (χ2n) is 3.37. The lowest BCUT2D eigenvalue weighted by Crippen LogP contribution is -1.93. The van der Waals surface area contributed by atoms with Gasteiger partial charge in [0, 0.05) is 11.8 Å². The molecule has 0 N–H and O–H groups in total. The molecule has 1 heterocycles. The van der Waals surface area contributed by atoms with E-state index in [1.807, 2.05) is 30.5 Å². The Morgan fingerprint density at radius 3 is 2.75 bits per heavy atom. The number of aliphatic imine (C=N–C) groups is 1. The summed E-state index contributed by atoms with van der Waals surface area (Å²) >= 11 is 0. The molecule has 0 aliphatic carbocycles. The highest BCUT2D eigenvalue weighted by Gasteiger charge is 2.00. The first-order valence-corrected chi connectivity index (χ1v) is 4.94. The molecule has 82 valence electrons. The molecule has 0 bridgehead atoms. The van der Waals surface area contributed by atoms with Gasteiger partial charge in [-0.05, 0) is 31.0 Å². The van der Waals surface area contributed by atoms with E-state index in [1.54, 1.807) is 18.0 Å². The number of rotatable bonds is 4. The van der Waals surface area contributed by atoms with Crippen molar-refractivity contribution in [2.45, 2.75) is 6.54 Å². The van der Waals surface area contributed by atoms with Crippen LogP contribution in [-0.4, -0.2) is 23.6 Å². The normalized spacial score (nSPS) is 10.1. The lowest BCUT2D eigenvalue weighted by Gasteiger charge is -2.02. The highest BCUT2D eigenvalue weighted by Crippen LogP contribution is 2.14. The predicted octanol–water partition coefficient (Wildman–Crippen LogP) is 2.08. The fraction of sp³-hybridized carbons (Fsp3) is 0.167. The van der Waals surface area contributed by atoms with Crippen LogP contribution in [0.4, 0.5) is 0 Å². The number of methoxy groups -OCH3 is 1. The van der Waals surface area contributed by atoms with E-state index in [-0.39, 0.29) is 0 Å². The van der Waals surface area contributed by atoms with Crippen molar-refractivity contribution in [1.29, 1.82) is 0 Å². The molecule has 0 amide bonds. The molecule has 0 atom stereocenters. The van der Waals surface area contributed by atoms with E-state index in [4.69, 9.17) is 4.74 Å². The Balaban J connectivity index is 2.24. The Labute approximate surface area is 94.2 Å². The monoisotopic (exact) mass is 215 g/mol. The molecular formula is C12H13N3O. The third-order valence-corrected chi connectivity index (χ3v) is 2.27. The van der Waals surface area contributed by atoms with Crippen LogP contribution in [0.15, 0.2) is 41.7 Å². The van der Waals surface area contributed by atoms with Crippen LogP contribution in [0, 0.1) is 0 Å². The van der Waals surface area contributed by atoms with Gasteiger partial charge >= 0.3 is 0 Å². The maximum Gasteiger partial charge on any atom is 0.119 e. The number of nitrogens with zero attached hydrogens (tertiary/aromatic N) is 3. The molecule has 2 rings (SSSR count). The van der Waals surface area contributed by atoms with Gasteiger partial charge in [0.1, 0.15) is 5.75 Å². The lowest BCUT2D eigenvalue weighted by molar-refractivity contribution is 0.414. The van der Waals surface area contributed by atoms with Crippen LogP contribution in [0.1, 0.15) is 5.56 Å². The van der Waals surface area contributed by atoms with Gasteiger partial charge < -0.3 is 4.74 Å². The van der Waals surface area contributed by atoms with Crippen LogP contribution in [0.25, 0.3) is 5.69 Å². The minimum absolute atomic E-state index is 0.593. The van der Waals surface area contributed by atoms with E-state index in [0.29, 0.717) is 6.54 Å². The molecule has 0 aliphatic heterocycles. The summed E-state index contributed by atoms with van der Waals surface area (Å²) in [5.74, 6) is 0.837. The molecule has 2 aromatic rings. The summed E-state index contributed by atoms with van der Waals surface area (Å²) in [6.07, 6.45) is 3.73. The van der Waals surface area contributed by atoms with E-state index in [1.165, 1.54) is 0 Å². The van der Waals surface area contributed by atoms with Gasteiger partial charge in [-0.2, -0.15) is 5.10 Å². The summed E-state index contributed by atoms with van der Waals surface area (Å²) in [6, 6.07) is 7.72. The second-order valence-corrected chi connectivity index (χ2v) is 3.37. The molecule has 0 saturated heterocycles. The standard InChI is InChI=1S/C12H13N3O/c1-13-7-10-8-14-15(9-10)11-3-5-12(16-2)6-4-11/h3-6,8-9H,1,7H2,2H3. The minimum atomic E-state index is 0.593. The first-order valence-electron chi connectivity index (χ1n) is 4.94. The Bertz CT molecular complexity index is 473. The van der Waals surface area contributed by atoms with Gasteiger partial charge in [-0.3, -0.25) is 4.99 Å². The summed E-state index contributed by atoms with van der Waals surface area (Å²) < 4.78 is 6.90. The largest absolute Gasteiger partial charge is 0.497 e. The second kappa shape index (κ2) is 4.61. The molecule has 0 spiro atoms. The van der Waals surface area contributed by atoms with Crippen LogP contribution in [0.3, 0.4) is 0 Å². The number of benzene rings is 1. The zero-order valence-corrected chi connectivity index (χ0v) is 9.13. The van der Waals surface area contributed by atoms with Crippen LogP contribution in [-0.2, 0) is 6.54 Å². The van der Waals surface area contributed by atoms with Crippen molar-refractivity contribution in [3.63, 3.8) is 0 Å². The van der Waals surface area contributed by atoms with E-state index >= 15 is 0 Å². The Morgan fingerprint density at radius 2 is 2.12 bits per heavy atom. The fourth-order valence-electron chi connectivity index (χ4n) is 1.45. The molecule has 0 aliphatic rings. The Hall–Kier alpha value is -2.10. The zero-order valence-electron chi connectivity index (χ0n) is 9.13. The van der Waals surface area contributed by atoms with Crippen LogP contribution in [0.5, 0.6) is 5.75 Å². The van der Waals surface area contributed by atoms with Crippen molar-refractivity contribution in [1.82, 2.24) is 9.78 Å². The summed E-state index contributed by atoms with van der Waals surface area (Å²) in [5, 5.41) is 4.25. The van der Waals surface area contributed by atoms with Gasteiger partial charge in [-0.1, -0.05) is 0 Å². The molecule has 0 unspecified atom stereocenters. The quantitative estimate of drug-likeness (QED) is 0.732. The summed E-state index contributed by atoms with van der Waals surface area (Å²) in [6.45, 7) is 4.05. The smallest absolute Gasteiger partial charge is 0.119 e. The summed E-state index contributed by atoms with van der Waals surface area (Å²) in [7, 11) is 1.65. The van der Waals surface area contributed by atoms with E-state index in [0.717, 1.165) is 17.0 Å². The van der Waals surface area contributed by atoms with E-state index in [9.17, 15) is 0 Å². The number of ether oxygens (including phenoxy) is 1. The van der Waals surface area contributed by atoms with Gasteiger partial charge in [0.05, 0.1) is 25.5 Å². The fourth-order valence-corrected chi connectivity index (χ4v) is 1.45. The molecule has 4 nitrogen and oxygen atoms in total. The maximum atomic E-state index is 5.10. The molecule has 0 saturated carbocycles. The Morgan fingerprint density at radius 1 is 1.38 bits per heavy atom. The average molecular weight is 215 g/mol. The predicted molar refractivity (Wildman–Crippen MR) is 63.4 cm³/mol. The highest BCUT2D eigenvalue weighted by atomic mass is 16.5. The average Bonchev–Trinajstić information content (AvgIpc) is 2.78. The SMILES string of the molecule is C=NCc1cnn(-c2ccc(OC)cc2)c1. The van der Waals surface area contributed by atoms with E-state index < -0.39 is 0 Å². The molecule has 16 heavy (non-hydrogen) atoms. The molecule has 1 aromatic carbocycles. The summed E-state index contributed by atoms with van der Waals surface area (Å²) in [5.41, 5.74) is 2.04. The van der Waals surface area contributed by atoms with Crippen LogP contribution < -0.4 is 4.74 Å². The first kappa shape index (κ1) is 10.4. The number of aromatic nitrogens is 2. The van der Waals surface area contributed by atoms with E-state index in [2.05, 4.69) is 16.8 Å². The van der Waals surface area contributed by atoms with Gasteiger partial charge in [0.25, 0.3) is 0 Å². The third kappa shape index (κ3) is 2.11. The van der Waals surface area contributed by atoms with Crippen molar-refractivity contribution in [2.24, 2.45) is 4.99 Å². The van der Waals surface area contributed by atoms with Crippen molar-refractivity contribution >= 4 is 6.72 Å². The van der Waals surface area contributed by atoms with Crippen molar-refractivity contribution in [3.05, 3.63) is 42.2 Å². The topological polar surface area (TPSA) is 39.4 Å². The number of hydrogen-bond acceptors (Lipinski definition) is 3. The minimum Gasteiger partial charge on any atom is -0.497 e. The number of hydrogen-bond donors (Lipinski definition) is 0. The first-order chi connectivity index (χ1) is 7.83. The zero-order chi connectivity index (χ0) is 11.4. The Kier molecular flexibility index (Phi) is 3.00. The van der Waals surface area contributed by atoms with Gasteiger partial charge in [-0.15, -0.1) is 0 Å². The van der Waals surface area contributed by atoms with Gasteiger partial charge in [0.15, 0.2) is 0 Å². The van der Waals surface area contributed by atoms with Crippen molar-refractivity contribution < 1.29 is 4.74 Å². The lowest BCUT2D eigenvalue weighted by atomic mass is 10.3. The van der Waals surface area contributed by atoms with Crippen LogP contribution >= 0.6 is 0 Å². The summed E-state index contributed by atoms with van der Waals surface area (Å²) in [4.78, 5) is 3.82. The van der Waals surface area contributed by atoms with Crippen molar-refractivity contribution in [3.8, 4) is 11.4 Å². The molecular weight excluding hydrogens is 202 g/mol.